The zero-order chi connectivity index (χ0) is 23.4. The van der Waals surface area contributed by atoms with Crippen LogP contribution in [0.15, 0.2) is 71.8 Å². The van der Waals surface area contributed by atoms with Gasteiger partial charge in [0.05, 0.1) is 5.69 Å². The fourth-order valence-electron chi connectivity index (χ4n) is 3.81. The first kappa shape index (κ1) is 22.9. The number of aromatic nitrogens is 1. The largest absolute Gasteiger partial charge is 0.379 e. The summed E-state index contributed by atoms with van der Waals surface area (Å²) in [6, 6.07) is 17.3. The first-order valence-electron chi connectivity index (χ1n) is 10.9. The number of carbonyl (C=O) groups excluding carboxylic acids is 1. The third kappa shape index (κ3) is 5.58. The molecule has 1 aliphatic heterocycles. The quantitative estimate of drug-likeness (QED) is 0.519. The van der Waals surface area contributed by atoms with E-state index in [9.17, 15) is 13.2 Å². The van der Waals surface area contributed by atoms with Crippen LogP contribution in [0, 0.1) is 13.8 Å². The predicted octanol–water partition coefficient (Wildman–Crippen LogP) is 3.42. The average Bonchev–Trinajstić information content (AvgIpc) is 2.81. The van der Waals surface area contributed by atoms with Crippen molar-refractivity contribution in [2.75, 3.05) is 26.2 Å². The van der Waals surface area contributed by atoms with Gasteiger partial charge in [0.25, 0.3) is 5.91 Å². The minimum atomic E-state index is -3.96. The van der Waals surface area contributed by atoms with Crippen LogP contribution in [0.5, 0.6) is 5.75 Å². The third-order valence-corrected chi connectivity index (χ3v) is 7.08. The van der Waals surface area contributed by atoms with E-state index in [0.717, 1.165) is 30.9 Å². The molecule has 4 rings (SSSR count). The molecule has 172 valence electrons. The van der Waals surface area contributed by atoms with Gasteiger partial charge in [-0.3, -0.25) is 14.7 Å². The molecule has 2 heterocycles. The second-order valence-electron chi connectivity index (χ2n) is 8.22. The highest BCUT2D eigenvalue weighted by atomic mass is 32.2. The van der Waals surface area contributed by atoms with Gasteiger partial charge in [-0.15, -0.1) is 0 Å². The van der Waals surface area contributed by atoms with Crippen molar-refractivity contribution in [1.82, 2.24) is 14.8 Å². The lowest BCUT2D eigenvalue weighted by Gasteiger charge is -2.34. The Kier molecular flexibility index (Phi) is 6.76. The number of nitrogens with zero attached hydrogens (tertiary/aromatic N) is 3. The summed E-state index contributed by atoms with van der Waals surface area (Å²) in [5.41, 5.74) is 2.98. The number of benzene rings is 2. The Labute approximate surface area is 194 Å². The molecule has 1 saturated heterocycles. The van der Waals surface area contributed by atoms with Crippen LogP contribution in [0.4, 0.5) is 0 Å². The number of hydrogen-bond acceptors (Lipinski definition) is 6. The molecule has 1 fully saturated rings. The van der Waals surface area contributed by atoms with Crippen LogP contribution in [-0.4, -0.2) is 55.3 Å². The van der Waals surface area contributed by atoms with Gasteiger partial charge in [0, 0.05) is 44.5 Å². The Balaban J connectivity index is 1.36. The van der Waals surface area contributed by atoms with Crippen molar-refractivity contribution in [2.45, 2.75) is 25.3 Å². The first-order chi connectivity index (χ1) is 15.8. The van der Waals surface area contributed by atoms with E-state index in [-0.39, 0.29) is 16.6 Å². The summed E-state index contributed by atoms with van der Waals surface area (Å²) in [6.07, 6.45) is 1.79. The molecular weight excluding hydrogens is 438 g/mol. The number of amides is 1. The summed E-state index contributed by atoms with van der Waals surface area (Å²) in [4.78, 5) is 21.5. The van der Waals surface area contributed by atoms with E-state index in [0.29, 0.717) is 24.2 Å². The van der Waals surface area contributed by atoms with E-state index in [1.807, 2.05) is 36.1 Å². The van der Waals surface area contributed by atoms with Crippen molar-refractivity contribution >= 4 is 16.0 Å². The molecule has 0 atom stereocenters. The van der Waals surface area contributed by atoms with Crippen LogP contribution in [-0.2, 0) is 16.7 Å². The molecule has 0 N–H and O–H groups in total. The molecule has 33 heavy (non-hydrogen) atoms. The summed E-state index contributed by atoms with van der Waals surface area (Å²) in [5, 5.41) is 0. The fraction of sp³-hybridized carbons (Fsp3) is 0.280. The second kappa shape index (κ2) is 9.72. The standard InChI is InChI=1S/C25H27N3O4S/c1-19-6-7-20(2)24(17-19)33(30,31)32-23-10-8-21(9-11-23)25(29)28-15-13-27(14-16-28)18-22-5-3-4-12-26-22/h3-12,17H,13-16,18H2,1-2H3. The Bertz CT molecular complexity index is 1220. The van der Waals surface area contributed by atoms with Crippen molar-refractivity contribution in [3.05, 3.63) is 89.2 Å². The van der Waals surface area contributed by atoms with E-state index in [4.69, 9.17) is 4.18 Å². The molecule has 7 nitrogen and oxygen atoms in total. The summed E-state index contributed by atoms with van der Waals surface area (Å²) in [7, 11) is -3.96. The number of hydrogen-bond donors (Lipinski definition) is 0. The summed E-state index contributed by atoms with van der Waals surface area (Å²) in [5.74, 6) is 0.101. The number of aryl methyl sites for hydroxylation is 2. The van der Waals surface area contributed by atoms with Gasteiger partial charge in [-0.1, -0.05) is 18.2 Å². The molecule has 0 bridgehead atoms. The van der Waals surface area contributed by atoms with Gasteiger partial charge in [-0.2, -0.15) is 8.42 Å². The van der Waals surface area contributed by atoms with Crippen molar-refractivity contribution in [3.63, 3.8) is 0 Å². The normalized spacial score (nSPS) is 14.8. The van der Waals surface area contributed by atoms with Gasteiger partial charge in [0.2, 0.25) is 0 Å². The maximum Gasteiger partial charge on any atom is 0.339 e. The van der Waals surface area contributed by atoms with Crippen LogP contribution in [0.3, 0.4) is 0 Å². The number of rotatable bonds is 6. The van der Waals surface area contributed by atoms with E-state index in [1.54, 1.807) is 37.4 Å². The van der Waals surface area contributed by atoms with E-state index in [2.05, 4.69) is 9.88 Å². The summed E-state index contributed by atoms with van der Waals surface area (Å²) >= 11 is 0. The van der Waals surface area contributed by atoms with Crippen molar-refractivity contribution in [2.24, 2.45) is 0 Å². The molecule has 2 aromatic carbocycles. The molecular formula is C25H27N3O4S. The molecule has 0 saturated carbocycles. The van der Waals surface area contributed by atoms with Crippen molar-refractivity contribution < 1.29 is 17.4 Å². The first-order valence-corrected chi connectivity index (χ1v) is 12.3. The molecule has 8 heteroatoms. The van der Waals surface area contributed by atoms with Gasteiger partial charge in [-0.25, -0.2) is 0 Å². The van der Waals surface area contributed by atoms with Gasteiger partial charge in [-0.05, 0) is 67.4 Å². The zero-order valence-electron chi connectivity index (χ0n) is 18.8. The highest BCUT2D eigenvalue weighted by molar-refractivity contribution is 7.87. The van der Waals surface area contributed by atoms with Gasteiger partial charge < -0.3 is 9.08 Å². The molecule has 1 aromatic heterocycles. The van der Waals surface area contributed by atoms with Crippen LogP contribution in [0.1, 0.15) is 27.2 Å². The number of pyridine rings is 1. The molecule has 0 aliphatic carbocycles. The third-order valence-electron chi connectivity index (χ3n) is 5.69. The average molecular weight is 466 g/mol. The second-order valence-corrected chi connectivity index (χ2v) is 9.73. The van der Waals surface area contributed by atoms with E-state index >= 15 is 0 Å². The Morgan fingerprint density at radius 1 is 0.970 bits per heavy atom. The lowest BCUT2D eigenvalue weighted by atomic mass is 10.1. The van der Waals surface area contributed by atoms with Crippen LogP contribution in [0.2, 0.25) is 0 Å². The Morgan fingerprint density at radius 2 is 1.70 bits per heavy atom. The molecule has 1 amide bonds. The van der Waals surface area contributed by atoms with Crippen LogP contribution < -0.4 is 4.18 Å². The van der Waals surface area contributed by atoms with Gasteiger partial charge in [0.15, 0.2) is 0 Å². The lowest BCUT2D eigenvalue weighted by Crippen LogP contribution is -2.48. The summed E-state index contributed by atoms with van der Waals surface area (Å²) in [6.45, 7) is 7.14. The molecule has 0 radical (unpaired) electrons. The van der Waals surface area contributed by atoms with Crippen LogP contribution >= 0.6 is 0 Å². The minimum absolute atomic E-state index is 0.0728. The predicted molar refractivity (Wildman–Crippen MR) is 126 cm³/mol. The summed E-state index contributed by atoms with van der Waals surface area (Å²) < 4.78 is 30.7. The minimum Gasteiger partial charge on any atom is -0.379 e. The SMILES string of the molecule is Cc1ccc(C)c(S(=O)(=O)Oc2ccc(C(=O)N3CCN(Cc4ccccn4)CC3)cc2)c1. The monoisotopic (exact) mass is 465 g/mol. The topological polar surface area (TPSA) is 79.8 Å². The maximum atomic E-state index is 12.9. The smallest absolute Gasteiger partial charge is 0.339 e. The Morgan fingerprint density at radius 3 is 2.36 bits per heavy atom. The number of piperazine rings is 1. The van der Waals surface area contributed by atoms with Gasteiger partial charge in [0.1, 0.15) is 10.6 Å². The Hall–Kier alpha value is -3.23. The van der Waals surface area contributed by atoms with Crippen LogP contribution in [0.25, 0.3) is 0 Å². The lowest BCUT2D eigenvalue weighted by molar-refractivity contribution is 0.0627. The van der Waals surface area contributed by atoms with E-state index in [1.165, 1.54) is 12.1 Å². The maximum absolute atomic E-state index is 12.9. The highest BCUT2D eigenvalue weighted by Gasteiger charge is 2.23. The molecule has 0 spiro atoms. The van der Waals surface area contributed by atoms with E-state index < -0.39 is 10.1 Å². The molecule has 3 aromatic rings. The fourth-order valence-corrected chi connectivity index (χ4v) is 5.06. The van der Waals surface area contributed by atoms with Crippen molar-refractivity contribution in [3.8, 4) is 5.75 Å². The number of carbonyl (C=O) groups is 1. The zero-order valence-corrected chi connectivity index (χ0v) is 19.6. The molecule has 1 aliphatic rings. The highest BCUT2D eigenvalue weighted by Crippen LogP contribution is 2.23. The van der Waals surface area contributed by atoms with Gasteiger partial charge >= 0.3 is 10.1 Å². The van der Waals surface area contributed by atoms with Crippen molar-refractivity contribution in [1.29, 1.82) is 0 Å². The molecule has 0 unspecified atom stereocenters.